The highest BCUT2D eigenvalue weighted by Crippen LogP contribution is 2.36. The van der Waals surface area contributed by atoms with Crippen LogP contribution in [0.1, 0.15) is 32.6 Å². The summed E-state index contributed by atoms with van der Waals surface area (Å²) in [6, 6.07) is 12.0. The standard InChI is InChI=1S/C34H38FN7O4/c1-4-32(43)42-13-8-22(9-14-42)39-29-19-25-28(20-30(29)45-3)37-21-38-33(25)40-27-6-5-23(17-26(27)35)46-24-7-12-36-31(18-24)41-15-10-34(2,44)11-16-41/h4-7,12,17-22,39,44H,1,8-11,13-16H2,2-3H3,(H,37,38,40). The molecule has 0 unspecified atom stereocenters. The largest absolute Gasteiger partial charge is 0.495 e. The van der Waals surface area contributed by atoms with Crippen molar-refractivity contribution in [1.29, 1.82) is 0 Å². The molecule has 0 atom stereocenters. The predicted molar refractivity (Wildman–Crippen MR) is 176 cm³/mol. The molecule has 6 rings (SSSR count). The molecule has 2 aromatic heterocycles. The van der Waals surface area contributed by atoms with Crippen LogP contribution in [-0.2, 0) is 4.79 Å². The van der Waals surface area contributed by atoms with E-state index in [1.165, 1.54) is 18.5 Å². The Morgan fingerprint density at radius 1 is 1.04 bits per heavy atom. The Labute approximate surface area is 267 Å². The van der Waals surface area contributed by atoms with E-state index in [0.29, 0.717) is 73.0 Å². The number of halogens is 1. The molecule has 2 aliphatic heterocycles. The molecule has 0 spiro atoms. The van der Waals surface area contributed by atoms with E-state index in [2.05, 4.69) is 37.1 Å². The number of aromatic nitrogens is 3. The number of methoxy groups -OCH3 is 1. The van der Waals surface area contributed by atoms with Crippen molar-refractivity contribution in [1.82, 2.24) is 19.9 Å². The maximum absolute atomic E-state index is 15.4. The molecule has 0 aliphatic carbocycles. The van der Waals surface area contributed by atoms with Gasteiger partial charge in [0.1, 0.15) is 41.0 Å². The van der Waals surface area contributed by atoms with Gasteiger partial charge in [-0.15, -0.1) is 0 Å². The quantitative estimate of drug-likeness (QED) is 0.201. The number of likely N-dealkylation sites (tertiary alicyclic amines) is 1. The van der Waals surface area contributed by atoms with Gasteiger partial charge in [-0.1, -0.05) is 6.58 Å². The number of carbonyl (C=O) groups excluding carboxylic acids is 1. The van der Waals surface area contributed by atoms with Crippen molar-refractivity contribution >= 4 is 39.8 Å². The molecule has 12 heteroatoms. The normalized spacial score (nSPS) is 16.6. The van der Waals surface area contributed by atoms with Crippen LogP contribution in [0.4, 0.5) is 27.4 Å². The zero-order valence-corrected chi connectivity index (χ0v) is 26.0. The fraction of sp³-hybridized carbons (Fsp3) is 0.353. The Morgan fingerprint density at radius 3 is 2.52 bits per heavy atom. The lowest BCUT2D eigenvalue weighted by Gasteiger charge is -2.36. The van der Waals surface area contributed by atoms with Gasteiger partial charge >= 0.3 is 0 Å². The average molecular weight is 628 g/mol. The number of rotatable bonds is 9. The first-order valence-corrected chi connectivity index (χ1v) is 15.4. The lowest BCUT2D eigenvalue weighted by atomic mass is 9.94. The van der Waals surface area contributed by atoms with Crippen LogP contribution in [0, 0.1) is 5.82 Å². The van der Waals surface area contributed by atoms with E-state index in [-0.39, 0.29) is 17.6 Å². The fourth-order valence-corrected chi connectivity index (χ4v) is 5.84. The van der Waals surface area contributed by atoms with Crippen LogP contribution < -0.4 is 25.0 Å². The van der Waals surface area contributed by atoms with Gasteiger partial charge in [-0.05, 0) is 62.9 Å². The number of fused-ring (bicyclic) bond motifs is 1. The molecule has 1 amide bonds. The maximum Gasteiger partial charge on any atom is 0.245 e. The second-order valence-electron chi connectivity index (χ2n) is 11.9. The molecule has 2 fully saturated rings. The number of anilines is 4. The SMILES string of the molecule is C=CC(=O)N1CCC(Nc2cc3c(Nc4ccc(Oc5ccnc(N6CCC(C)(O)CC6)c5)cc4F)ncnc3cc2OC)CC1. The van der Waals surface area contributed by atoms with E-state index in [4.69, 9.17) is 9.47 Å². The number of hydrogen-bond donors (Lipinski definition) is 3. The number of aliphatic hydroxyl groups is 1. The Hall–Kier alpha value is -4.97. The van der Waals surface area contributed by atoms with Crippen molar-refractivity contribution in [2.24, 2.45) is 0 Å². The lowest BCUT2D eigenvalue weighted by molar-refractivity contribution is -0.126. The summed E-state index contributed by atoms with van der Waals surface area (Å²) in [6.45, 7) is 8.09. The van der Waals surface area contributed by atoms with Crippen molar-refractivity contribution in [2.45, 2.75) is 44.2 Å². The molecule has 3 N–H and O–H groups in total. The van der Waals surface area contributed by atoms with Gasteiger partial charge in [0.2, 0.25) is 5.91 Å². The third-order valence-corrected chi connectivity index (χ3v) is 8.61. The summed E-state index contributed by atoms with van der Waals surface area (Å²) in [6.07, 6.45) is 7.30. The van der Waals surface area contributed by atoms with Gasteiger partial charge < -0.3 is 35.0 Å². The molecular weight excluding hydrogens is 589 g/mol. The third-order valence-electron chi connectivity index (χ3n) is 8.61. The van der Waals surface area contributed by atoms with Gasteiger partial charge in [0.05, 0.1) is 29.6 Å². The molecule has 2 saturated heterocycles. The minimum absolute atomic E-state index is 0.0578. The lowest BCUT2D eigenvalue weighted by Crippen LogP contribution is -2.42. The van der Waals surface area contributed by atoms with Gasteiger partial charge in [-0.25, -0.2) is 19.3 Å². The molecular formula is C34H38FN7O4. The summed E-state index contributed by atoms with van der Waals surface area (Å²) in [7, 11) is 1.60. The molecule has 0 saturated carbocycles. The first-order chi connectivity index (χ1) is 22.2. The number of piperidine rings is 2. The molecule has 2 aromatic carbocycles. The summed E-state index contributed by atoms with van der Waals surface area (Å²) >= 11 is 0. The molecule has 0 radical (unpaired) electrons. The van der Waals surface area contributed by atoms with Crippen LogP contribution in [0.3, 0.4) is 0 Å². The van der Waals surface area contributed by atoms with E-state index in [9.17, 15) is 9.90 Å². The van der Waals surface area contributed by atoms with Crippen LogP contribution in [0.2, 0.25) is 0 Å². The van der Waals surface area contributed by atoms with Crippen LogP contribution in [0.15, 0.2) is 67.6 Å². The van der Waals surface area contributed by atoms with E-state index in [0.717, 1.165) is 24.3 Å². The molecule has 0 bridgehead atoms. The third kappa shape index (κ3) is 6.96. The highest BCUT2D eigenvalue weighted by molar-refractivity contribution is 5.95. The van der Waals surface area contributed by atoms with Crippen molar-refractivity contribution in [3.8, 4) is 17.2 Å². The number of benzene rings is 2. The second kappa shape index (κ2) is 13.2. The van der Waals surface area contributed by atoms with Gasteiger partial charge in [0.25, 0.3) is 0 Å². The highest BCUT2D eigenvalue weighted by atomic mass is 19.1. The number of ether oxygens (including phenoxy) is 2. The summed E-state index contributed by atoms with van der Waals surface area (Å²) in [5.74, 6) is 2.13. The number of nitrogens with one attached hydrogen (secondary N) is 2. The van der Waals surface area contributed by atoms with E-state index in [1.807, 2.05) is 25.1 Å². The number of pyridine rings is 1. The minimum Gasteiger partial charge on any atom is -0.495 e. The first kappa shape index (κ1) is 31.0. The smallest absolute Gasteiger partial charge is 0.245 e. The number of amides is 1. The maximum atomic E-state index is 15.4. The molecule has 4 heterocycles. The van der Waals surface area contributed by atoms with Crippen LogP contribution in [-0.4, -0.2) is 75.8 Å². The Bertz CT molecular complexity index is 1730. The van der Waals surface area contributed by atoms with Gasteiger partial charge in [0.15, 0.2) is 0 Å². The number of carbonyl (C=O) groups is 1. The Balaban J connectivity index is 1.17. The first-order valence-electron chi connectivity index (χ1n) is 15.4. The van der Waals surface area contributed by atoms with Crippen molar-refractivity contribution in [2.75, 3.05) is 48.8 Å². The summed E-state index contributed by atoms with van der Waals surface area (Å²) in [5, 5.41) is 17.6. The Kier molecular flexibility index (Phi) is 8.89. The van der Waals surface area contributed by atoms with Crippen molar-refractivity contribution in [3.05, 3.63) is 73.5 Å². The van der Waals surface area contributed by atoms with Gasteiger partial charge in [-0.2, -0.15) is 0 Å². The molecule has 2 aliphatic rings. The van der Waals surface area contributed by atoms with E-state index >= 15 is 4.39 Å². The average Bonchev–Trinajstić information content (AvgIpc) is 3.06. The van der Waals surface area contributed by atoms with Gasteiger partial charge in [0, 0.05) is 62.0 Å². The van der Waals surface area contributed by atoms with E-state index in [1.54, 1.807) is 36.4 Å². The summed E-state index contributed by atoms with van der Waals surface area (Å²) < 4.78 is 27.0. The zero-order chi connectivity index (χ0) is 32.3. The second-order valence-corrected chi connectivity index (χ2v) is 11.9. The highest BCUT2D eigenvalue weighted by Gasteiger charge is 2.28. The summed E-state index contributed by atoms with van der Waals surface area (Å²) in [5.41, 5.74) is 0.969. The summed E-state index contributed by atoms with van der Waals surface area (Å²) in [4.78, 5) is 29.1. The monoisotopic (exact) mass is 627 g/mol. The van der Waals surface area contributed by atoms with Crippen LogP contribution in [0.5, 0.6) is 17.2 Å². The van der Waals surface area contributed by atoms with Gasteiger partial charge in [-0.3, -0.25) is 4.79 Å². The predicted octanol–water partition coefficient (Wildman–Crippen LogP) is 5.65. The minimum atomic E-state index is -0.658. The molecule has 46 heavy (non-hydrogen) atoms. The Morgan fingerprint density at radius 2 is 1.80 bits per heavy atom. The van der Waals surface area contributed by atoms with E-state index < -0.39 is 11.4 Å². The van der Waals surface area contributed by atoms with Crippen molar-refractivity contribution < 1.29 is 23.8 Å². The fourth-order valence-electron chi connectivity index (χ4n) is 5.84. The van der Waals surface area contributed by atoms with Crippen molar-refractivity contribution in [3.63, 3.8) is 0 Å². The topological polar surface area (TPSA) is 125 Å². The number of nitrogens with zero attached hydrogens (tertiary/aromatic N) is 5. The molecule has 4 aromatic rings. The molecule has 11 nitrogen and oxygen atoms in total. The molecule has 240 valence electrons. The zero-order valence-electron chi connectivity index (χ0n) is 26.0. The van der Waals surface area contributed by atoms with Crippen LogP contribution in [0.25, 0.3) is 10.9 Å². The number of hydrogen-bond acceptors (Lipinski definition) is 10. The van der Waals surface area contributed by atoms with Crippen LogP contribution >= 0.6 is 0 Å².